The number of aryl methyl sites for hydroxylation is 2. The Balaban J connectivity index is 1.91. The normalized spacial score (nSPS) is 10.9. The molecule has 0 aliphatic rings. The van der Waals surface area contributed by atoms with Gasteiger partial charge in [-0.15, -0.1) is 0 Å². The van der Waals surface area contributed by atoms with E-state index in [1.807, 2.05) is 47.6 Å². The summed E-state index contributed by atoms with van der Waals surface area (Å²) in [7, 11) is 0. The highest BCUT2D eigenvalue weighted by molar-refractivity contribution is 5.97. The van der Waals surface area contributed by atoms with Crippen molar-refractivity contribution in [2.75, 3.05) is 0 Å². The molecule has 0 saturated heterocycles. The van der Waals surface area contributed by atoms with E-state index < -0.39 is 0 Å². The number of hydrogen-bond acceptors (Lipinski definition) is 2. The minimum absolute atomic E-state index is 0.744. The summed E-state index contributed by atoms with van der Waals surface area (Å²) < 4.78 is 4.19. The van der Waals surface area contributed by atoms with Crippen molar-refractivity contribution in [3.8, 4) is 0 Å². The molecule has 18 heavy (non-hydrogen) atoms. The van der Waals surface area contributed by atoms with Crippen LogP contribution in [0.4, 0.5) is 0 Å². The van der Waals surface area contributed by atoms with Crippen LogP contribution in [0.2, 0.25) is 0 Å². The van der Waals surface area contributed by atoms with Crippen LogP contribution in [0, 0.1) is 0 Å². The second kappa shape index (κ2) is 4.49. The molecule has 90 valence electrons. The first kappa shape index (κ1) is 10.8. The van der Waals surface area contributed by atoms with E-state index in [9.17, 15) is 4.79 Å². The molecular formula is C14H13N3O. The molecule has 0 spiro atoms. The van der Waals surface area contributed by atoms with Crippen LogP contribution in [0.5, 0.6) is 0 Å². The average Bonchev–Trinajstić information content (AvgIpc) is 3.05. The van der Waals surface area contributed by atoms with Crippen LogP contribution in [-0.2, 0) is 13.1 Å². The van der Waals surface area contributed by atoms with Gasteiger partial charge in [-0.2, -0.15) is 0 Å². The third-order valence-corrected chi connectivity index (χ3v) is 3.13. The topological polar surface area (TPSA) is 39.8 Å². The molecule has 0 fully saturated rings. The third kappa shape index (κ3) is 1.82. The van der Waals surface area contributed by atoms with Gasteiger partial charge in [0.1, 0.15) is 0 Å². The quantitative estimate of drug-likeness (QED) is 0.656. The largest absolute Gasteiger partial charge is 0.346 e. The highest BCUT2D eigenvalue weighted by Crippen LogP contribution is 2.19. The lowest BCUT2D eigenvalue weighted by molar-refractivity contribution is 0.112. The number of carbonyl (C=O) groups is 1. The van der Waals surface area contributed by atoms with Gasteiger partial charge in [0.2, 0.25) is 0 Å². The standard InChI is InChI=1S/C14H13N3O/c18-10-12-2-1-3-14-13(12)4-6-17(14)9-8-16-7-5-15-11-16/h1-7,10-11H,8-9H2. The zero-order valence-corrected chi connectivity index (χ0v) is 9.86. The van der Waals surface area contributed by atoms with Crippen LogP contribution in [-0.4, -0.2) is 20.4 Å². The number of aldehydes is 1. The summed E-state index contributed by atoms with van der Waals surface area (Å²) in [5, 5.41) is 1.01. The molecule has 3 rings (SSSR count). The van der Waals surface area contributed by atoms with Gasteiger partial charge in [-0.05, 0) is 12.1 Å². The van der Waals surface area contributed by atoms with E-state index in [1.54, 1.807) is 6.20 Å². The SMILES string of the molecule is O=Cc1cccc2c1ccn2CCn1ccnc1. The van der Waals surface area contributed by atoms with Crippen molar-refractivity contribution >= 4 is 17.2 Å². The van der Waals surface area contributed by atoms with Gasteiger partial charge in [0.15, 0.2) is 6.29 Å². The number of fused-ring (bicyclic) bond motifs is 1. The molecule has 0 bridgehead atoms. The molecule has 0 radical (unpaired) electrons. The van der Waals surface area contributed by atoms with Gasteiger partial charge in [0.05, 0.1) is 6.33 Å². The molecule has 0 atom stereocenters. The summed E-state index contributed by atoms with van der Waals surface area (Å²) in [6.07, 6.45) is 8.46. The molecule has 3 aromatic rings. The molecular weight excluding hydrogens is 226 g/mol. The van der Waals surface area contributed by atoms with Gasteiger partial charge in [-0.25, -0.2) is 4.98 Å². The molecule has 2 aromatic heterocycles. The van der Waals surface area contributed by atoms with Crippen molar-refractivity contribution in [3.63, 3.8) is 0 Å². The minimum Gasteiger partial charge on any atom is -0.346 e. The van der Waals surface area contributed by atoms with Crippen molar-refractivity contribution in [2.45, 2.75) is 13.1 Å². The lowest BCUT2D eigenvalue weighted by Crippen LogP contribution is -2.04. The van der Waals surface area contributed by atoms with Crippen LogP contribution >= 0.6 is 0 Å². The summed E-state index contributed by atoms with van der Waals surface area (Å²) in [6.45, 7) is 1.73. The van der Waals surface area contributed by atoms with Gasteiger partial charge in [0.25, 0.3) is 0 Å². The fourth-order valence-corrected chi connectivity index (χ4v) is 2.19. The van der Waals surface area contributed by atoms with E-state index in [0.29, 0.717) is 0 Å². The molecule has 2 heterocycles. The zero-order chi connectivity index (χ0) is 12.4. The third-order valence-electron chi connectivity index (χ3n) is 3.13. The highest BCUT2D eigenvalue weighted by atomic mass is 16.1. The summed E-state index contributed by atoms with van der Waals surface area (Å²) in [5.74, 6) is 0. The monoisotopic (exact) mass is 239 g/mol. The number of nitrogens with zero attached hydrogens (tertiary/aromatic N) is 3. The maximum absolute atomic E-state index is 11.0. The number of imidazole rings is 1. The number of benzene rings is 1. The Hall–Kier alpha value is -2.36. The van der Waals surface area contributed by atoms with Gasteiger partial charge in [-0.1, -0.05) is 12.1 Å². The van der Waals surface area contributed by atoms with Crippen molar-refractivity contribution in [3.05, 3.63) is 54.7 Å². The average molecular weight is 239 g/mol. The number of aromatic nitrogens is 3. The van der Waals surface area contributed by atoms with Crippen molar-refractivity contribution in [2.24, 2.45) is 0 Å². The maximum atomic E-state index is 11.0. The summed E-state index contributed by atoms with van der Waals surface area (Å²) >= 11 is 0. The zero-order valence-electron chi connectivity index (χ0n) is 9.86. The Morgan fingerprint density at radius 2 is 2.11 bits per heavy atom. The van der Waals surface area contributed by atoms with Crippen molar-refractivity contribution < 1.29 is 4.79 Å². The Bertz CT molecular complexity index is 667. The number of rotatable bonds is 4. The molecule has 1 aromatic carbocycles. The van der Waals surface area contributed by atoms with Crippen LogP contribution in [0.1, 0.15) is 10.4 Å². The molecule has 0 saturated carbocycles. The van der Waals surface area contributed by atoms with E-state index in [-0.39, 0.29) is 0 Å². The maximum Gasteiger partial charge on any atom is 0.150 e. The minimum atomic E-state index is 0.744. The second-order valence-corrected chi connectivity index (χ2v) is 4.21. The van der Waals surface area contributed by atoms with E-state index in [4.69, 9.17) is 0 Å². The molecule has 0 N–H and O–H groups in total. The fraction of sp³-hybridized carbons (Fsp3) is 0.143. The van der Waals surface area contributed by atoms with Crippen LogP contribution < -0.4 is 0 Å². The van der Waals surface area contributed by atoms with Gasteiger partial charge >= 0.3 is 0 Å². The highest BCUT2D eigenvalue weighted by Gasteiger charge is 2.04. The number of carbonyl (C=O) groups excluding carboxylic acids is 1. The molecule has 0 aliphatic heterocycles. The lowest BCUT2D eigenvalue weighted by Gasteiger charge is -2.06. The lowest BCUT2D eigenvalue weighted by atomic mass is 10.1. The molecule has 0 unspecified atom stereocenters. The Morgan fingerprint density at radius 3 is 2.89 bits per heavy atom. The van der Waals surface area contributed by atoms with Crippen molar-refractivity contribution in [1.29, 1.82) is 0 Å². The van der Waals surface area contributed by atoms with Crippen molar-refractivity contribution in [1.82, 2.24) is 14.1 Å². The first-order valence-corrected chi connectivity index (χ1v) is 5.87. The first-order valence-electron chi connectivity index (χ1n) is 5.87. The Labute approximate surface area is 104 Å². The van der Waals surface area contributed by atoms with E-state index in [0.717, 1.165) is 35.8 Å². The summed E-state index contributed by atoms with van der Waals surface area (Å²) in [6, 6.07) is 7.79. The van der Waals surface area contributed by atoms with Gasteiger partial charge < -0.3 is 9.13 Å². The van der Waals surface area contributed by atoms with E-state index in [1.165, 1.54) is 0 Å². The summed E-state index contributed by atoms with van der Waals surface area (Å²) in [4.78, 5) is 15.0. The second-order valence-electron chi connectivity index (χ2n) is 4.21. The summed E-state index contributed by atoms with van der Waals surface area (Å²) in [5.41, 5.74) is 1.84. The van der Waals surface area contributed by atoms with Gasteiger partial charge in [0, 0.05) is 48.1 Å². The predicted molar refractivity (Wildman–Crippen MR) is 69.6 cm³/mol. The van der Waals surface area contributed by atoms with E-state index in [2.05, 4.69) is 9.55 Å². The van der Waals surface area contributed by atoms with Crippen LogP contribution in [0.15, 0.2) is 49.2 Å². The Morgan fingerprint density at radius 1 is 1.17 bits per heavy atom. The molecule has 4 heteroatoms. The molecule has 0 aliphatic carbocycles. The first-order chi connectivity index (χ1) is 8.88. The fourth-order valence-electron chi connectivity index (χ4n) is 2.19. The Kier molecular flexibility index (Phi) is 2.68. The van der Waals surface area contributed by atoms with Crippen LogP contribution in [0.25, 0.3) is 10.9 Å². The smallest absolute Gasteiger partial charge is 0.150 e. The van der Waals surface area contributed by atoms with Crippen LogP contribution in [0.3, 0.4) is 0 Å². The van der Waals surface area contributed by atoms with Gasteiger partial charge in [-0.3, -0.25) is 4.79 Å². The molecule has 0 amide bonds. The number of hydrogen-bond donors (Lipinski definition) is 0. The predicted octanol–water partition coefficient (Wildman–Crippen LogP) is 2.35. The van der Waals surface area contributed by atoms with E-state index >= 15 is 0 Å². The molecule has 4 nitrogen and oxygen atoms in total.